The molecule has 0 bridgehead atoms. The number of hydrogen-bond donors (Lipinski definition) is 1. The van der Waals surface area contributed by atoms with Crippen LogP contribution in [0.4, 0.5) is 11.5 Å². The average molecular weight is 348 g/mol. The van der Waals surface area contributed by atoms with Crippen LogP contribution in [-0.4, -0.2) is 30.2 Å². The maximum absolute atomic E-state index is 12.4. The highest BCUT2D eigenvalue weighted by Crippen LogP contribution is 2.24. The number of halogens is 1. The van der Waals surface area contributed by atoms with Crippen LogP contribution < -0.4 is 10.2 Å². The molecular weight excluding hydrogens is 330 g/mol. The Morgan fingerprint density at radius 1 is 1.26 bits per heavy atom. The smallest absolute Gasteiger partial charge is 0.257 e. The zero-order chi connectivity index (χ0) is 16.2. The molecule has 1 aliphatic heterocycles. The topological polar surface area (TPSA) is 45.2 Å². The predicted octanol–water partition coefficient (Wildman–Crippen LogP) is 4.31. The van der Waals surface area contributed by atoms with Crippen molar-refractivity contribution < 1.29 is 4.79 Å². The number of pyridine rings is 1. The number of amides is 1. The van der Waals surface area contributed by atoms with E-state index in [-0.39, 0.29) is 5.91 Å². The Hall–Kier alpha value is -1.72. The van der Waals surface area contributed by atoms with Crippen molar-refractivity contribution in [1.82, 2.24) is 4.98 Å². The van der Waals surface area contributed by atoms with Crippen LogP contribution in [0, 0.1) is 0 Å². The van der Waals surface area contributed by atoms with E-state index in [1.54, 1.807) is 30.1 Å². The van der Waals surface area contributed by atoms with Crippen LogP contribution in [0.2, 0.25) is 5.02 Å². The third-order valence-electron chi connectivity index (χ3n) is 3.85. The Morgan fingerprint density at radius 3 is 2.70 bits per heavy atom. The molecule has 4 nitrogen and oxygen atoms in total. The molecule has 120 valence electrons. The maximum atomic E-state index is 12.4. The molecule has 1 aromatic carbocycles. The van der Waals surface area contributed by atoms with E-state index in [1.165, 1.54) is 12.8 Å². The molecule has 0 spiro atoms. The standard InChI is InChI=1S/C17H18ClN3OS/c1-23-13-5-6-15(18)14(10-13)17(22)20-12-4-7-16(19-11-12)21-8-2-3-9-21/h4-7,10-11H,2-3,8-9H2,1H3,(H,20,22). The summed E-state index contributed by atoms with van der Waals surface area (Å²) in [6, 6.07) is 9.27. The lowest BCUT2D eigenvalue weighted by Gasteiger charge is -2.16. The monoisotopic (exact) mass is 347 g/mol. The highest BCUT2D eigenvalue weighted by molar-refractivity contribution is 7.98. The van der Waals surface area contributed by atoms with Gasteiger partial charge in [-0.15, -0.1) is 11.8 Å². The van der Waals surface area contributed by atoms with E-state index in [9.17, 15) is 4.79 Å². The zero-order valence-corrected chi connectivity index (χ0v) is 14.5. The number of nitrogens with one attached hydrogen (secondary N) is 1. The van der Waals surface area contributed by atoms with Gasteiger partial charge in [0.25, 0.3) is 5.91 Å². The molecule has 0 saturated carbocycles. The first-order chi connectivity index (χ1) is 11.2. The second-order valence-corrected chi connectivity index (χ2v) is 6.69. The number of benzene rings is 1. The third kappa shape index (κ3) is 3.79. The Balaban J connectivity index is 1.72. The summed E-state index contributed by atoms with van der Waals surface area (Å²) in [5, 5.41) is 3.30. The first-order valence-electron chi connectivity index (χ1n) is 7.53. The van der Waals surface area contributed by atoms with E-state index >= 15 is 0 Å². The number of nitrogens with zero attached hydrogens (tertiary/aromatic N) is 2. The Bertz CT molecular complexity index is 699. The number of carbonyl (C=O) groups is 1. The third-order valence-corrected chi connectivity index (χ3v) is 4.91. The van der Waals surface area contributed by atoms with E-state index in [0.29, 0.717) is 16.3 Å². The van der Waals surface area contributed by atoms with Crippen molar-refractivity contribution in [1.29, 1.82) is 0 Å². The molecule has 0 unspecified atom stereocenters. The summed E-state index contributed by atoms with van der Waals surface area (Å²) < 4.78 is 0. The van der Waals surface area contributed by atoms with Crippen LogP contribution in [0.25, 0.3) is 0 Å². The van der Waals surface area contributed by atoms with Crippen LogP contribution >= 0.6 is 23.4 Å². The summed E-state index contributed by atoms with van der Waals surface area (Å²) in [7, 11) is 0. The Morgan fingerprint density at radius 2 is 2.04 bits per heavy atom. The Kier molecular flexibility index (Phi) is 5.08. The molecule has 1 fully saturated rings. The minimum absolute atomic E-state index is 0.221. The molecule has 0 radical (unpaired) electrons. The summed E-state index contributed by atoms with van der Waals surface area (Å²) >= 11 is 7.71. The molecule has 23 heavy (non-hydrogen) atoms. The molecule has 3 rings (SSSR count). The molecule has 1 aromatic heterocycles. The number of carbonyl (C=O) groups excluding carboxylic acids is 1. The zero-order valence-electron chi connectivity index (χ0n) is 12.9. The largest absolute Gasteiger partial charge is 0.357 e. The van der Waals surface area contributed by atoms with Crippen LogP contribution in [0.15, 0.2) is 41.4 Å². The van der Waals surface area contributed by atoms with Crippen molar-refractivity contribution in [2.45, 2.75) is 17.7 Å². The molecule has 0 atom stereocenters. The summed E-state index contributed by atoms with van der Waals surface area (Å²) in [4.78, 5) is 20.1. The lowest BCUT2D eigenvalue weighted by atomic mass is 10.2. The van der Waals surface area contributed by atoms with Gasteiger partial charge in [0.2, 0.25) is 0 Å². The molecule has 1 N–H and O–H groups in total. The summed E-state index contributed by atoms with van der Waals surface area (Å²) in [6.07, 6.45) is 6.08. The van der Waals surface area contributed by atoms with Gasteiger partial charge in [-0.2, -0.15) is 0 Å². The second kappa shape index (κ2) is 7.23. The second-order valence-electron chi connectivity index (χ2n) is 5.40. The van der Waals surface area contributed by atoms with Crippen molar-refractivity contribution in [3.05, 3.63) is 47.1 Å². The summed E-state index contributed by atoms with van der Waals surface area (Å²) in [5.74, 6) is 0.740. The van der Waals surface area contributed by atoms with E-state index < -0.39 is 0 Å². The minimum atomic E-state index is -0.221. The SMILES string of the molecule is CSc1ccc(Cl)c(C(=O)Nc2ccc(N3CCCC3)nc2)c1. The highest BCUT2D eigenvalue weighted by atomic mass is 35.5. The minimum Gasteiger partial charge on any atom is -0.357 e. The maximum Gasteiger partial charge on any atom is 0.257 e. The predicted molar refractivity (Wildman–Crippen MR) is 96.9 cm³/mol. The van der Waals surface area contributed by atoms with Crippen molar-refractivity contribution in [2.24, 2.45) is 0 Å². The van der Waals surface area contributed by atoms with E-state index in [0.717, 1.165) is 23.8 Å². The van der Waals surface area contributed by atoms with Gasteiger partial charge in [-0.25, -0.2) is 4.98 Å². The summed E-state index contributed by atoms with van der Waals surface area (Å²) in [6.45, 7) is 2.10. The van der Waals surface area contributed by atoms with Crippen LogP contribution in [-0.2, 0) is 0 Å². The lowest BCUT2D eigenvalue weighted by Crippen LogP contribution is -2.19. The Labute approximate surface area is 145 Å². The van der Waals surface area contributed by atoms with Gasteiger partial charge in [0.15, 0.2) is 0 Å². The van der Waals surface area contributed by atoms with Gasteiger partial charge < -0.3 is 10.2 Å². The van der Waals surface area contributed by atoms with Gasteiger partial charge in [-0.05, 0) is 49.4 Å². The molecule has 6 heteroatoms. The number of aromatic nitrogens is 1. The first-order valence-corrected chi connectivity index (χ1v) is 9.13. The molecular formula is C17H18ClN3OS. The molecule has 2 aromatic rings. The number of rotatable bonds is 4. The van der Waals surface area contributed by atoms with Crippen LogP contribution in [0.5, 0.6) is 0 Å². The van der Waals surface area contributed by atoms with Gasteiger partial charge in [-0.1, -0.05) is 11.6 Å². The van der Waals surface area contributed by atoms with Crippen molar-refractivity contribution in [3.8, 4) is 0 Å². The van der Waals surface area contributed by atoms with Gasteiger partial charge in [0.05, 0.1) is 22.5 Å². The molecule has 2 heterocycles. The quantitative estimate of drug-likeness (QED) is 0.837. The number of anilines is 2. The molecule has 0 aliphatic carbocycles. The first kappa shape index (κ1) is 16.1. The fourth-order valence-electron chi connectivity index (χ4n) is 2.60. The number of thioether (sulfide) groups is 1. The van der Waals surface area contributed by atoms with E-state index in [2.05, 4.69) is 15.2 Å². The normalized spacial score (nSPS) is 14.1. The molecule has 1 amide bonds. The van der Waals surface area contributed by atoms with E-state index in [1.807, 2.05) is 24.5 Å². The van der Waals surface area contributed by atoms with E-state index in [4.69, 9.17) is 11.6 Å². The van der Waals surface area contributed by atoms with Crippen molar-refractivity contribution in [2.75, 3.05) is 29.6 Å². The molecule has 1 saturated heterocycles. The lowest BCUT2D eigenvalue weighted by molar-refractivity contribution is 0.102. The highest BCUT2D eigenvalue weighted by Gasteiger charge is 2.14. The van der Waals surface area contributed by atoms with Gasteiger partial charge in [-0.3, -0.25) is 4.79 Å². The fraction of sp³-hybridized carbons (Fsp3) is 0.294. The van der Waals surface area contributed by atoms with Crippen LogP contribution in [0.3, 0.4) is 0 Å². The average Bonchev–Trinajstić information content (AvgIpc) is 3.10. The number of hydrogen-bond acceptors (Lipinski definition) is 4. The van der Waals surface area contributed by atoms with Crippen molar-refractivity contribution >= 4 is 40.8 Å². The van der Waals surface area contributed by atoms with Crippen molar-refractivity contribution in [3.63, 3.8) is 0 Å². The fourth-order valence-corrected chi connectivity index (χ4v) is 3.24. The van der Waals surface area contributed by atoms with Gasteiger partial charge in [0.1, 0.15) is 5.82 Å². The van der Waals surface area contributed by atoms with Gasteiger partial charge >= 0.3 is 0 Å². The van der Waals surface area contributed by atoms with Crippen LogP contribution in [0.1, 0.15) is 23.2 Å². The molecule has 1 aliphatic rings. The van der Waals surface area contributed by atoms with Gasteiger partial charge in [0, 0.05) is 18.0 Å². The summed E-state index contributed by atoms with van der Waals surface area (Å²) in [5.41, 5.74) is 1.14.